The van der Waals surface area contributed by atoms with Gasteiger partial charge in [-0.05, 0) is 18.5 Å². The van der Waals surface area contributed by atoms with Crippen molar-refractivity contribution >= 4 is 63.5 Å². The molecule has 1 aromatic heterocycles. The number of carbonyl (C=O) groups excluding carboxylic acids is 2. The second-order valence-electron chi connectivity index (χ2n) is 7.24. The fourth-order valence-corrected chi connectivity index (χ4v) is 6.90. The van der Waals surface area contributed by atoms with Gasteiger partial charge in [-0.15, -0.1) is 23.1 Å². The van der Waals surface area contributed by atoms with Crippen molar-refractivity contribution in [1.29, 1.82) is 0 Å². The number of aromatic nitrogens is 1. The monoisotopic (exact) mass is 498 g/mol. The first-order valence-electron chi connectivity index (χ1n) is 9.76. The minimum atomic E-state index is -1.13. The number of anilines is 1. The Labute approximate surface area is 196 Å². The lowest BCUT2D eigenvalue weighted by Crippen LogP contribution is -2.71. The van der Waals surface area contributed by atoms with E-state index in [-0.39, 0.29) is 22.2 Å². The number of aliphatic carboxylic acids is 1. The highest BCUT2D eigenvalue weighted by Crippen LogP contribution is 2.41. The van der Waals surface area contributed by atoms with Crippen molar-refractivity contribution < 1.29 is 24.3 Å². The summed E-state index contributed by atoms with van der Waals surface area (Å²) in [6, 6.07) is -0.867. The highest BCUT2D eigenvalue weighted by Gasteiger charge is 2.54. The molecule has 3 atom stereocenters. The predicted molar refractivity (Wildman–Crippen MR) is 123 cm³/mol. The molecule has 1 aromatic rings. The number of nitrogen functional groups attached to an aromatic ring is 1. The number of thiazole rings is 1. The highest BCUT2D eigenvalue weighted by atomic mass is 32.2. The van der Waals surface area contributed by atoms with E-state index in [1.165, 1.54) is 23.8 Å². The number of oxime groups is 1. The molecule has 0 radical (unpaired) electrons. The van der Waals surface area contributed by atoms with Crippen molar-refractivity contribution in [2.45, 2.75) is 23.1 Å². The quantitative estimate of drug-likeness (QED) is 0.217. The number of carboxylic acid groups (broad SMARTS) is 1. The van der Waals surface area contributed by atoms with Crippen LogP contribution in [0.25, 0.3) is 0 Å². The molecular weight excluding hydrogens is 476 g/mol. The maximum Gasteiger partial charge on any atom is 0.352 e. The summed E-state index contributed by atoms with van der Waals surface area (Å²) in [7, 11) is 1.29. The van der Waals surface area contributed by atoms with Crippen LogP contribution in [0.5, 0.6) is 0 Å². The molecule has 2 amide bonds. The van der Waals surface area contributed by atoms with E-state index in [1.807, 2.05) is 0 Å². The Morgan fingerprint density at radius 1 is 1.53 bits per heavy atom. The Hall–Kier alpha value is -2.29. The van der Waals surface area contributed by atoms with Crippen LogP contribution in [0.2, 0.25) is 0 Å². The van der Waals surface area contributed by atoms with Gasteiger partial charge in [-0.25, -0.2) is 9.78 Å². The third-order valence-corrected chi connectivity index (χ3v) is 8.61. The molecule has 172 valence electrons. The van der Waals surface area contributed by atoms with Crippen molar-refractivity contribution in [3.63, 3.8) is 0 Å². The molecule has 2 fully saturated rings. The molecule has 3 aliphatic heterocycles. The number of amides is 2. The Morgan fingerprint density at radius 2 is 2.34 bits per heavy atom. The molecule has 14 heteroatoms. The molecule has 4 rings (SSSR count). The molecule has 4 heterocycles. The normalized spacial score (nSPS) is 25.4. The molecule has 2 saturated heterocycles. The van der Waals surface area contributed by atoms with E-state index in [0.717, 1.165) is 36.4 Å². The third-order valence-electron chi connectivity index (χ3n) is 5.21. The smallest absolute Gasteiger partial charge is 0.352 e. The molecule has 5 N–H and O–H groups in total. The van der Waals surface area contributed by atoms with Gasteiger partial charge < -0.3 is 26.3 Å². The third kappa shape index (κ3) is 4.44. The maximum atomic E-state index is 12.9. The molecule has 11 nitrogen and oxygen atoms in total. The van der Waals surface area contributed by atoms with Gasteiger partial charge in [0.25, 0.3) is 11.8 Å². The number of thioether (sulfide) groups is 2. The lowest BCUT2D eigenvalue weighted by molar-refractivity contribution is -0.150. The molecule has 32 heavy (non-hydrogen) atoms. The van der Waals surface area contributed by atoms with Crippen molar-refractivity contribution in [2.75, 3.05) is 37.4 Å². The van der Waals surface area contributed by atoms with Crippen LogP contribution >= 0.6 is 34.9 Å². The summed E-state index contributed by atoms with van der Waals surface area (Å²) in [6.07, 6.45) is 1.04. The van der Waals surface area contributed by atoms with E-state index in [1.54, 1.807) is 17.1 Å². The summed E-state index contributed by atoms with van der Waals surface area (Å²) in [5.74, 6) is -1.20. The molecule has 0 bridgehead atoms. The second kappa shape index (κ2) is 9.68. The Bertz CT molecular complexity index is 990. The van der Waals surface area contributed by atoms with Crippen LogP contribution < -0.4 is 16.4 Å². The minimum absolute atomic E-state index is 0.0285. The van der Waals surface area contributed by atoms with Crippen LogP contribution in [-0.2, 0) is 19.2 Å². The number of carbonyl (C=O) groups is 3. The van der Waals surface area contributed by atoms with E-state index in [9.17, 15) is 19.5 Å². The lowest BCUT2D eigenvalue weighted by atomic mass is 10.0. The number of rotatable bonds is 8. The SMILES string of the molecule is CON=C(C(=O)N[C@@H]1C(=O)N2C(C(=O)O)=C(CS[C@H]3CCNC3)CS[C@H]12)c1csc(N)n1. The number of β-lactam (4-membered cyclic amide) rings is 1. The first-order chi connectivity index (χ1) is 15.4. The zero-order valence-electron chi connectivity index (χ0n) is 17.1. The van der Waals surface area contributed by atoms with Gasteiger partial charge in [0.2, 0.25) is 0 Å². The van der Waals surface area contributed by atoms with Gasteiger partial charge in [-0.2, -0.15) is 11.8 Å². The van der Waals surface area contributed by atoms with Crippen LogP contribution in [0.3, 0.4) is 0 Å². The van der Waals surface area contributed by atoms with Gasteiger partial charge in [0, 0.05) is 28.7 Å². The van der Waals surface area contributed by atoms with E-state index in [0.29, 0.717) is 16.8 Å². The van der Waals surface area contributed by atoms with Crippen molar-refractivity contribution in [3.8, 4) is 0 Å². The van der Waals surface area contributed by atoms with E-state index < -0.39 is 29.2 Å². The van der Waals surface area contributed by atoms with Crippen molar-refractivity contribution in [2.24, 2.45) is 5.16 Å². The maximum absolute atomic E-state index is 12.9. The van der Waals surface area contributed by atoms with E-state index in [4.69, 9.17) is 10.6 Å². The fourth-order valence-electron chi connectivity index (χ4n) is 3.69. The summed E-state index contributed by atoms with van der Waals surface area (Å²) in [5.41, 5.74) is 6.52. The van der Waals surface area contributed by atoms with Crippen LogP contribution in [0, 0.1) is 0 Å². The lowest BCUT2D eigenvalue weighted by Gasteiger charge is -2.49. The average molecular weight is 499 g/mol. The summed E-state index contributed by atoms with van der Waals surface area (Å²) in [4.78, 5) is 47.7. The number of hydrogen-bond donors (Lipinski definition) is 4. The van der Waals surface area contributed by atoms with Gasteiger partial charge in [-0.1, -0.05) is 5.16 Å². The predicted octanol–water partition coefficient (Wildman–Crippen LogP) is -0.0905. The van der Waals surface area contributed by atoms with Crippen LogP contribution in [-0.4, -0.2) is 86.9 Å². The van der Waals surface area contributed by atoms with Gasteiger partial charge in [0.15, 0.2) is 10.8 Å². The second-order valence-corrected chi connectivity index (χ2v) is 10.5. The average Bonchev–Trinajstić information content (AvgIpc) is 3.45. The van der Waals surface area contributed by atoms with Crippen molar-refractivity contribution in [3.05, 3.63) is 22.3 Å². The Kier molecular flexibility index (Phi) is 6.93. The molecule has 3 aliphatic rings. The number of nitrogens with zero attached hydrogens (tertiary/aromatic N) is 3. The van der Waals surface area contributed by atoms with Gasteiger partial charge >= 0.3 is 5.97 Å². The Morgan fingerprint density at radius 3 is 2.97 bits per heavy atom. The molecule has 0 saturated carbocycles. The Balaban J connectivity index is 1.46. The standard InChI is InChI=1S/C18H22N6O5S3/c1-29-23-11(10-7-32-18(19)21-10)14(25)22-12-15(26)24-13(17(27)28)8(6-31-16(12)24)5-30-9-2-3-20-4-9/h7,9,12,16,20H,2-6H2,1H3,(H2,19,21)(H,22,25)(H,27,28)/t9-,12+,16+/m0/s1. The molecule has 0 unspecified atom stereocenters. The van der Waals surface area contributed by atoms with Gasteiger partial charge in [0.1, 0.15) is 29.9 Å². The summed E-state index contributed by atoms with van der Waals surface area (Å²) in [6.45, 7) is 1.87. The summed E-state index contributed by atoms with van der Waals surface area (Å²) in [5, 5.41) is 21.2. The van der Waals surface area contributed by atoms with Crippen molar-refractivity contribution in [1.82, 2.24) is 20.5 Å². The zero-order chi connectivity index (χ0) is 22.8. The molecule has 0 spiro atoms. The number of nitrogens with two attached hydrogens (primary N) is 1. The number of carboxylic acids is 1. The van der Waals surface area contributed by atoms with E-state index in [2.05, 4.69) is 20.8 Å². The molecular formula is C18H22N6O5S3. The number of hydrogen-bond acceptors (Lipinski definition) is 11. The van der Waals surface area contributed by atoms with Gasteiger partial charge in [0.05, 0.1) is 0 Å². The fraction of sp³-hybridized carbons (Fsp3) is 0.500. The first-order valence-corrected chi connectivity index (χ1v) is 12.7. The van der Waals surface area contributed by atoms with Crippen LogP contribution in [0.4, 0.5) is 5.13 Å². The molecule has 0 aliphatic carbocycles. The largest absolute Gasteiger partial charge is 0.477 e. The zero-order valence-corrected chi connectivity index (χ0v) is 19.5. The number of fused-ring (bicyclic) bond motifs is 1. The van der Waals surface area contributed by atoms with Gasteiger partial charge in [-0.3, -0.25) is 14.5 Å². The summed E-state index contributed by atoms with van der Waals surface area (Å²) >= 11 is 4.29. The number of nitrogens with one attached hydrogen (secondary N) is 2. The van der Waals surface area contributed by atoms with Crippen LogP contribution in [0.15, 0.2) is 21.8 Å². The van der Waals surface area contributed by atoms with E-state index >= 15 is 0 Å². The first kappa shape index (κ1) is 22.9. The molecule has 0 aromatic carbocycles. The minimum Gasteiger partial charge on any atom is -0.477 e. The summed E-state index contributed by atoms with van der Waals surface area (Å²) < 4.78 is 0. The topological polar surface area (TPSA) is 159 Å². The van der Waals surface area contributed by atoms with Crippen LogP contribution in [0.1, 0.15) is 12.1 Å². The highest BCUT2D eigenvalue weighted by molar-refractivity contribution is 8.01.